The van der Waals surface area contributed by atoms with Gasteiger partial charge in [-0.2, -0.15) is 9.97 Å². The van der Waals surface area contributed by atoms with E-state index in [1.54, 1.807) is 7.11 Å². The molecule has 0 atom stereocenters. The van der Waals surface area contributed by atoms with E-state index in [2.05, 4.69) is 31.6 Å². The van der Waals surface area contributed by atoms with E-state index in [1.165, 1.54) is 7.11 Å². The minimum absolute atomic E-state index is 0.346. The Hall–Kier alpha value is -3.53. The molecule has 0 bridgehead atoms. The Kier molecular flexibility index (Phi) is 7.36. The molecule has 196 valence electrons. The molecule has 0 saturated carbocycles. The highest BCUT2D eigenvalue weighted by atomic mass is 35.5. The summed E-state index contributed by atoms with van der Waals surface area (Å²) < 4.78 is 12.6. The number of piperidine rings is 1. The minimum Gasteiger partial charge on any atom is -0.495 e. The van der Waals surface area contributed by atoms with E-state index in [0.29, 0.717) is 52.9 Å². The average molecular weight is 526 g/mol. The molecule has 0 spiro atoms. The van der Waals surface area contributed by atoms with Crippen molar-refractivity contribution >= 4 is 35.2 Å². The fourth-order valence-corrected chi connectivity index (χ4v) is 5.08. The quantitative estimate of drug-likeness (QED) is 0.459. The highest BCUT2D eigenvalue weighted by Crippen LogP contribution is 2.33. The average Bonchev–Trinajstić information content (AvgIpc) is 3.39. The number of ether oxygens (including phenoxy) is 2. The highest BCUT2D eigenvalue weighted by molar-refractivity contribution is 6.32. The van der Waals surface area contributed by atoms with Crippen molar-refractivity contribution in [3.63, 3.8) is 0 Å². The fraction of sp³-hybridized carbons (Fsp3) is 0.462. The number of imidazole rings is 1. The molecule has 10 nitrogen and oxygen atoms in total. The highest BCUT2D eigenvalue weighted by Gasteiger charge is 2.30. The van der Waals surface area contributed by atoms with Crippen LogP contribution in [0.4, 0.5) is 17.6 Å². The molecule has 1 aromatic carbocycles. The van der Waals surface area contributed by atoms with Gasteiger partial charge in [0.1, 0.15) is 23.0 Å². The smallest absolute Gasteiger partial charge is 0.345 e. The Morgan fingerprint density at radius 3 is 2.68 bits per heavy atom. The lowest BCUT2D eigenvalue weighted by molar-refractivity contribution is 0.0601. The van der Waals surface area contributed by atoms with Crippen LogP contribution in [0.1, 0.15) is 41.5 Å². The van der Waals surface area contributed by atoms with Crippen LogP contribution in [0.3, 0.4) is 0 Å². The van der Waals surface area contributed by atoms with Gasteiger partial charge in [-0.15, -0.1) is 0 Å². The number of rotatable bonds is 7. The van der Waals surface area contributed by atoms with Crippen LogP contribution in [-0.4, -0.2) is 59.3 Å². The predicted octanol–water partition coefficient (Wildman–Crippen LogP) is 3.99. The molecular formula is C26H32ClN7O3. The molecule has 2 aliphatic rings. The van der Waals surface area contributed by atoms with Crippen LogP contribution in [0.15, 0.2) is 30.6 Å². The van der Waals surface area contributed by atoms with Crippen molar-refractivity contribution in [3.05, 3.63) is 52.6 Å². The number of hydrogen-bond donors (Lipinski definition) is 1. The van der Waals surface area contributed by atoms with Gasteiger partial charge in [0.15, 0.2) is 5.82 Å². The number of halogens is 1. The molecule has 4 heterocycles. The number of hydrogen-bond acceptors (Lipinski definition) is 9. The zero-order valence-electron chi connectivity index (χ0n) is 21.4. The summed E-state index contributed by atoms with van der Waals surface area (Å²) in [5.74, 6) is 3.34. The zero-order valence-corrected chi connectivity index (χ0v) is 22.2. The number of fused-ring (bicyclic) bond motifs is 1. The first-order chi connectivity index (χ1) is 18.0. The van der Waals surface area contributed by atoms with Gasteiger partial charge in [-0.3, -0.25) is 0 Å². The van der Waals surface area contributed by atoms with Gasteiger partial charge >= 0.3 is 5.97 Å². The molecule has 1 N–H and O–H groups in total. The van der Waals surface area contributed by atoms with Crippen LogP contribution >= 0.6 is 11.6 Å². The third-order valence-electron chi connectivity index (χ3n) is 7.05. The fourth-order valence-electron chi connectivity index (χ4n) is 4.80. The first-order valence-electron chi connectivity index (χ1n) is 12.5. The molecule has 2 aliphatic heterocycles. The lowest BCUT2D eigenvalue weighted by atomic mass is 9.99. The normalized spacial score (nSPS) is 15.9. The number of nitrogens with zero attached hydrogens (tertiary/aromatic N) is 6. The van der Waals surface area contributed by atoms with Gasteiger partial charge < -0.3 is 29.2 Å². The van der Waals surface area contributed by atoms with Gasteiger partial charge in [0.2, 0.25) is 5.95 Å². The Morgan fingerprint density at radius 1 is 1.14 bits per heavy atom. The Balaban J connectivity index is 1.53. The number of benzene rings is 1. The van der Waals surface area contributed by atoms with Crippen LogP contribution < -0.4 is 19.9 Å². The lowest BCUT2D eigenvalue weighted by Gasteiger charge is -2.34. The van der Waals surface area contributed by atoms with Gasteiger partial charge in [-0.05, 0) is 36.5 Å². The van der Waals surface area contributed by atoms with Gasteiger partial charge in [0.05, 0.1) is 25.8 Å². The van der Waals surface area contributed by atoms with E-state index in [9.17, 15) is 4.79 Å². The van der Waals surface area contributed by atoms with Crippen molar-refractivity contribution in [1.82, 2.24) is 19.5 Å². The molecule has 0 unspecified atom stereocenters. The van der Waals surface area contributed by atoms with E-state index in [-0.39, 0.29) is 0 Å². The second-order valence-corrected chi connectivity index (χ2v) is 9.92. The number of methoxy groups -OCH3 is 2. The number of esters is 1. The van der Waals surface area contributed by atoms with Crippen LogP contribution in [0, 0.1) is 5.92 Å². The second kappa shape index (κ2) is 10.8. The monoisotopic (exact) mass is 525 g/mol. The van der Waals surface area contributed by atoms with E-state index in [1.807, 2.05) is 30.6 Å². The van der Waals surface area contributed by atoms with Crippen molar-refractivity contribution in [2.75, 3.05) is 49.0 Å². The standard InChI is InChI=1S/C26H32ClN7O3/c1-17-6-9-33(10-7-17)24-22(25(35)37-3)23(29-15-18-4-5-20(36-2)19(27)14-18)30-26(31-24)34-13-12-32-11-8-28-21(32)16-34/h4-5,8,11,14,17H,6-7,9-10,12-13,15-16H2,1-3H3,(H,29,30,31). The van der Waals surface area contributed by atoms with Gasteiger partial charge in [0.25, 0.3) is 0 Å². The second-order valence-electron chi connectivity index (χ2n) is 9.51. The third kappa shape index (κ3) is 5.29. The minimum atomic E-state index is -0.468. The topological polar surface area (TPSA) is 97.6 Å². The van der Waals surface area contributed by atoms with Gasteiger partial charge in [-0.1, -0.05) is 24.6 Å². The molecule has 5 rings (SSSR count). The Bertz CT molecular complexity index is 1270. The number of anilines is 3. The molecule has 11 heteroatoms. The van der Waals surface area contributed by atoms with Crippen LogP contribution in [0.25, 0.3) is 0 Å². The summed E-state index contributed by atoms with van der Waals surface area (Å²) in [6, 6.07) is 5.59. The van der Waals surface area contributed by atoms with Crippen molar-refractivity contribution in [1.29, 1.82) is 0 Å². The summed E-state index contributed by atoms with van der Waals surface area (Å²) in [5.41, 5.74) is 1.27. The molecule has 37 heavy (non-hydrogen) atoms. The first-order valence-corrected chi connectivity index (χ1v) is 12.9. The van der Waals surface area contributed by atoms with E-state index >= 15 is 0 Å². The zero-order chi connectivity index (χ0) is 25.9. The summed E-state index contributed by atoms with van der Waals surface area (Å²) in [6.45, 7) is 6.43. The van der Waals surface area contributed by atoms with Gasteiger partial charge in [-0.25, -0.2) is 9.78 Å². The maximum absolute atomic E-state index is 13.1. The number of aromatic nitrogens is 4. The molecule has 0 aliphatic carbocycles. The molecule has 0 amide bonds. The van der Waals surface area contributed by atoms with Crippen LogP contribution in [0.5, 0.6) is 5.75 Å². The number of carbonyl (C=O) groups is 1. The van der Waals surface area contributed by atoms with E-state index < -0.39 is 5.97 Å². The summed E-state index contributed by atoms with van der Waals surface area (Å²) in [6.07, 6.45) is 5.87. The summed E-state index contributed by atoms with van der Waals surface area (Å²) in [5, 5.41) is 3.88. The number of carbonyl (C=O) groups excluding carboxylic acids is 1. The molecule has 1 fully saturated rings. The predicted molar refractivity (Wildman–Crippen MR) is 143 cm³/mol. The molecule has 3 aromatic rings. The van der Waals surface area contributed by atoms with E-state index in [4.69, 9.17) is 31.0 Å². The lowest BCUT2D eigenvalue weighted by Crippen LogP contribution is -2.38. The maximum Gasteiger partial charge on any atom is 0.345 e. The Morgan fingerprint density at radius 2 is 1.95 bits per heavy atom. The Labute approximate surface area is 221 Å². The molecular weight excluding hydrogens is 494 g/mol. The third-order valence-corrected chi connectivity index (χ3v) is 7.35. The molecule has 2 aromatic heterocycles. The number of nitrogens with one attached hydrogen (secondary N) is 1. The first kappa shape index (κ1) is 25.1. The van der Waals surface area contributed by atoms with Crippen LogP contribution in [-0.2, 0) is 24.4 Å². The maximum atomic E-state index is 13.1. The summed E-state index contributed by atoms with van der Waals surface area (Å²) in [4.78, 5) is 31.6. The molecule has 0 radical (unpaired) electrons. The SMILES string of the molecule is COC(=O)c1c(NCc2ccc(OC)c(Cl)c2)nc(N2CCn3ccnc3C2)nc1N1CCC(C)CC1. The molecule has 1 saturated heterocycles. The van der Waals surface area contributed by atoms with Crippen LogP contribution in [0.2, 0.25) is 5.02 Å². The van der Waals surface area contributed by atoms with Crippen molar-refractivity contribution in [2.24, 2.45) is 5.92 Å². The largest absolute Gasteiger partial charge is 0.495 e. The van der Waals surface area contributed by atoms with E-state index in [0.717, 1.165) is 50.4 Å². The van der Waals surface area contributed by atoms with Crippen molar-refractivity contribution in [3.8, 4) is 5.75 Å². The summed E-state index contributed by atoms with van der Waals surface area (Å²) in [7, 11) is 2.97. The van der Waals surface area contributed by atoms with Crippen molar-refractivity contribution in [2.45, 2.75) is 39.4 Å². The summed E-state index contributed by atoms with van der Waals surface area (Å²) >= 11 is 6.34. The van der Waals surface area contributed by atoms with Gasteiger partial charge in [0, 0.05) is 45.1 Å². The van der Waals surface area contributed by atoms with Crippen molar-refractivity contribution < 1.29 is 14.3 Å².